The van der Waals surface area contributed by atoms with E-state index in [4.69, 9.17) is 15.2 Å². The maximum Gasteiger partial charge on any atom is 0.410 e. The molecule has 4 aromatic rings. The van der Waals surface area contributed by atoms with Gasteiger partial charge >= 0.3 is 6.09 Å². The van der Waals surface area contributed by atoms with Crippen molar-refractivity contribution in [2.24, 2.45) is 0 Å². The second kappa shape index (κ2) is 13.5. The predicted molar refractivity (Wildman–Crippen MR) is 182 cm³/mol. The lowest BCUT2D eigenvalue weighted by molar-refractivity contribution is 0.0321. The molecule has 2 N–H and O–H groups in total. The molecule has 4 heterocycles. The van der Waals surface area contributed by atoms with Gasteiger partial charge in [0.2, 0.25) is 5.95 Å². The van der Waals surface area contributed by atoms with E-state index in [0.717, 1.165) is 48.5 Å². The lowest BCUT2D eigenvalue weighted by Gasteiger charge is -2.42. The highest BCUT2D eigenvalue weighted by Gasteiger charge is 2.42. The number of hydrogen-bond donors (Lipinski definition) is 1. The van der Waals surface area contributed by atoms with Crippen LogP contribution in [0.5, 0.6) is 5.75 Å². The van der Waals surface area contributed by atoms with Crippen molar-refractivity contribution in [1.29, 1.82) is 0 Å². The third kappa shape index (κ3) is 7.55. The molecule has 2 saturated heterocycles. The number of hydrogen-bond acceptors (Lipinski definition) is 10. The van der Waals surface area contributed by atoms with E-state index >= 15 is 0 Å². The lowest BCUT2D eigenvalue weighted by atomic mass is 10.1. The third-order valence-corrected chi connectivity index (χ3v) is 8.15. The van der Waals surface area contributed by atoms with Gasteiger partial charge in [0.15, 0.2) is 5.82 Å². The number of piperazine rings is 1. The van der Waals surface area contributed by atoms with Gasteiger partial charge in [-0.25, -0.2) is 14.8 Å². The number of amides is 1. The standard InChI is InChI=1S/C36H40N8O3/c1-36(2,3)47-35(45)42(4)18-10-13-26-20-38-34(39-21-26)44-27-16-17-28(44)23-43(22-27)31-19-30(40-41-33(31)37)29-14-8-9-15-32(29)46-24-25-11-6-5-7-12-25/h5-9,11-12,14-15,19-21,27-28H,16-18,22-24H2,1-4H3,(H2,37,41). The van der Waals surface area contributed by atoms with Crippen molar-refractivity contribution in [3.05, 3.63) is 84.2 Å². The van der Waals surface area contributed by atoms with Crippen LogP contribution in [0.4, 0.5) is 22.2 Å². The van der Waals surface area contributed by atoms with Gasteiger partial charge in [-0.1, -0.05) is 54.3 Å². The molecule has 2 aromatic carbocycles. The van der Waals surface area contributed by atoms with E-state index in [0.29, 0.717) is 29.6 Å². The Hall–Kier alpha value is -5.37. The quantitative estimate of drug-likeness (QED) is 0.273. The summed E-state index contributed by atoms with van der Waals surface area (Å²) in [6.07, 6.45) is 5.13. The van der Waals surface area contributed by atoms with Crippen LogP contribution < -0.4 is 20.3 Å². The Morgan fingerprint density at radius 2 is 1.68 bits per heavy atom. The monoisotopic (exact) mass is 632 g/mol. The summed E-state index contributed by atoms with van der Waals surface area (Å²) in [4.78, 5) is 27.6. The van der Waals surface area contributed by atoms with Crippen LogP contribution >= 0.6 is 0 Å². The van der Waals surface area contributed by atoms with E-state index < -0.39 is 11.7 Å². The molecule has 0 radical (unpaired) electrons. The van der Waals surface area contributed by atoms with E-state index in [1.165, 1.54) is 4.90 Å². The molecule has 2 fully saturated rings. The molecule has 2 atom stereocenters. The molecule has 2 bridgehead atoms. The maximum absolute atomic E-state index is 12.2. The number of ether oxygens (including phenoxy) is 2. The third-order valence-electron chi connectivity index (χ3n) is 8.15. The molecule has 0 aliphatic carbocycles. The molecule has 2 unspecified atom stereocenters. The normalized spacial score (nSPS) is 17.1. The van der Waals surface area contributed by atoms with Crippen molar-refractivity contribution < 1.29 is 14.3 Å². The van der Waals surface area contributed by atoms with Crippen molar-refractivity contribution in [2.75, 3.05) is 42.2 Å². The summed E-state index contributed by atoms with van der Waals surface area (Å²) in [6.45, 7) is 7.73. The Morgan fingerprint density at radius 3 is 2.38 bits per heavy atom. The summed E-state index contributed by atoms with van der Waals surface area (Å²) >= 11 is 0. The first-order valence-corrected chi connectivity index (χ1v) is 15.8. The summed E-state index contributed by atoms with van der Waals surface area (Å²) in [6, 6.07) is 20.4. The summed E-state index contributed by atoms with van der Waals surface area (Å²) in [5.74, 6) is 7.89. The largest absolute Gasteiger partial charge is 0.488 e. The van der Waals surface area contributed by atoms with Crippen molar-refractivity contribution in [2.45, 2.75) is 57.9 Å². The van der Waals surface area contributed by atoms with Crippen LogP contribution in [-0.2, 0) is 11.3 Å². The van der Waals surface area contributed by atoms with Crippen molar-refractivity contribution in [1.82, 2.24) is 25.1 Å². The molecule has 11 nitrogen and oxygen atoms in total. The van der Waals surface area contributed by atoms with Crippen LogP contribution in [0.2, 0.25) is 0 Å². The fraction of sp³-hybridized carbons (Fsp3) is 0.361. The van der Waals surface area contributed by atoms with Gasteiger partial charge in [-0.05, 0) is 57.4 Å². The predicted octanol–water partition coefficient (Wildman–Crippen LogP) is 5.17. The van der Waals surface area contributed by atoms with Crippen LogP contribution in [0.25, 0.3) is 11.3 Å². The molecule has 0 spiro atoms. The first-order valence-electron chi connectivity index (χ1n) is 15.8. The smallest absolute Gasteiger partial charge is 0.410 e. The molecule has 0 saturated carbocycles. The van der Waals surface area contributed by atoms with Gasteiger partial charge in [-0.15, -0.1) is 10.2 Å². The van der Waals surface area contributed by atoms with Gasteiger partial charge in [0.1, 0.15) is 18.0 Å². The molecule has 2 aliphatic heterocycles. The van der Waals surface area contributed by atoms with Gasteiger partial charge in [0.05, 0.1) is 23.5 Å². The van der Waals surface area contributed by atoms with Gasteiger partial charge in [0.25, 0.3) is 0 Å². The fourth-order valence-electron chi connectivity index (χ4n) is 5.93. The zero-order valence-electron chi connectivity index (χ0n) is 27.3. The highest BCUT2D eigenvalue weighted by molar-refractivity contribution is 5.74. The Morgan fingerprint density at radius 1 is 1.00 bits per heavy atom. The highest BCUT2D eigenvalue weighted by atomic mass is 16.6. The summed E-state index contributed by atoms with van der Waals surface area (Å²) in [7, 11) is 1.66. The van der Waals surface area contributed by atoms with Crippen molar-refractivity contribution in [3.8, 4) is 28.8 Å². The van der Waals surface area contributed by atoms with E-state index in [1.807, 2.05) is 81.4 Å². The molecule has 6 rings (SSSR count). The number of anilines is 3. The minimum absolute atomic E-state index is 0.227. The fourth-order valence-corrected chi connectivity index (χ4v) is 5.93. The minimum atomic E-state index is -0.553. The number of fused-ring (bicyclic) bond motifs is 2. The zero-order chi connectivity index (χ0) is 33.0. The average molecular weight is 633 g/mol. The van der Waals surface area contributed by atoms with Gasteiger partial charge in [-0.2, -0.15) is 0 Å². The number of nitrogens with two attached hydrogens (primary N) is 1. The Labute approximate surface area is 275 Å². The van der Waals surface area contributed by atoms with Crippen LogP contribution in [0.3, 0.4) is 0 Å². The summed E-state index contributed by atoms with van der Waals surface area (Å²) in [5, 5.41) is 8.81. The number of nitrogens with zero attached hydrogens (tertiary/aromatic N) is 7. The molecule has 242 valence electrons. The average Bonchev–Trinajstić information content (AvgIpc) is 3.32. The van der Waals surface area contributed by atoms with Crippen LogP contribution in [-0.4, -0.2) is 75.5 Å². The number of aromatic nitrogens is 4. The molecule has 11 heteroatoms. The van der Waals surface area contributed by atoms with E-state index in [1.54, 1.807) is 19.4 Å². The zero-order valence-corrected chi connectivity index (χ0v) is 27.3. The Balaban J connectivity index is 1.12. The first kappa shape index (κ1) is 31.6. The second-order valence-corrected chi connectivity index (χ2v) is 12.9. The van der Waals surface area contributed by atoms with Gasteiger partial charge in [-0.3, -0.25) is 0 Å². The minimum Gasteiger partial charge on any atom is -0.488 e. The number of rotatable bonds is 7. The first-order chi connectivity index (χ1) is 22.6. The Bertz CT molecular complexity index is 1750. The molecule has 2 aliphatic rings. The topological polar surface area (TPSA) is 123 Å². The van der Waals surface area contributed by atoms with Crippen LogP contribution in [0.15, 0.2) is 73.1 Å². The maximum atomic E-state index is 12.2. The van der Waals surface area contributed by atoms with E-state index in [9.17, 15) is 4.79 Å². The number of benzene rings is 2. The Kier molecular flexibility index (Phi) is 9.11. The number of carbonyl (C=O) groups is 1. The molecule has 2 aromatic heterocycles. The molecular formula is C36H40N8O3. The number of para-hydroxylation sites is 1. The van der Waals surface area contributed by atoms with E-state index in [-0.39, 0.29) is 18.6 Å². The second-order valence-electron chi connectivity index (χ2n) is 12.9. The van der Waals surface area contributed by atoms with E-state index in [2.05, 4.69) is 41.8 Å². The summed E-state index contributed by atoms with van der Waals surface area (Å²) in [5.41, 5.74) is 10.1. The van der Waals surface area contributed by atoms with Crippen LogP contribution in [0.1, 0.15) is 44.7 Å². The molecule has 1 amide bonds. The molecule has 47 heavy (non-hydrogen) atoms. The SMILES string of the molecule is CN(CC#Cc1cnc(N2C3CCC2CN(c2cc(-c4ccccc4OCc4ccccc4)nnc2N)C3)nc1)C(=O)OC(C)(C)C. The van der Waals surface area contributed by atoms with Crippen LogP contribution in [0, 0.1) is 11.8 Å². The number of carbonyl (C=O) groups excluding carboxylic acids is 1. The van der Waals surface area contributed by atoms with Gasteiger partial charge in [0, 0.05) is 50.2 Å². The highest BCUT2D eigenvalue weighted by Crippen LogP contribution is 2.38. The van der Waals surface area contributed by atoms with Crippen molar-refractivity contribution >= 4 is 23.5 Å². The molecular weight excluding hydrogens is 592 g/mol. The number of nitrogen functional groups attached to an aromatic ring is 1. The van der Waals surface area contributed by atoms with Gasteiger partial charge < -0.3 is 29.9 Å². The lowest BCUT2D eigenvalue weighted by Crippen LogP contribution is -2.54. The van der Waals surface area contributed by atoms with Crippen molar-refractivity contribution in [3.63, 3.8) is 0 Å². The summed E-state index contributed by atoms with van der Waals surface area (Å²) < 4.78 is 11.6.